The largest absolute Gasteiger partial charge is 0.506 e. The molecule has 3 aromatic rings. The standard InChI is InChI=1S/C19H17NO4S/c1-12-6-8-15(9-7-12)25(23,24)19-16-5-3-2-4-13(16)10-14(18(19)22)11-17(20)21/h2-10,22H,11H2,1H3,(H2,20,21). The summed E-state index contributed by atoms with van der Waals surface area (Å²) in [6.45, 7) is 1.86. The van der Waals surface area contributed by atoms with Crippen LogP contribution in [-0.2, 0) is 21.1 Å². The fourth-order valence-corrected chi connectivity index (χ4v) is 4.38. The van der Waals surface area contributed by atoms with Crippen molar-refractivity contribution in [1.29, 1.82) is 0 Å². The first-order valence-electron chi connectivity index (χ1n) is 7.64. The Kier molecular flexibility index (Phi) is 4.22. The predicted octanol–water partition coefficient (Wildman–Crippen LogP) is 2.71. The molecule has 0 saturated carbocycles. The quantitative estimate of drug-likeness (QED) is 0.752. The van der Waals surface area contributed by atoms with Gasteiger partial charge in [-0.3, -0.25) is 4.79 Å². The third-order valence-electron chi connectivity index (χ3n) is 4.02. The molecule has 0 spiro atoms. The molecular weight excluding hydrogens is 338 g/mol. The maximum absolute atomic E-state index is 13.1. The van der Waals surface area contributed by atoms with Gasteiger partial charge in [0.05, 0.1) is 11.3 Å². The van der Waals surface area contributed by atoms with E-state index in [-0.39, 0.29) is 21.8 Å². The Morgan fingerprint density at radius 3 is 2.36 bits per heavy atom. The molecule has 128 valence electrons. The van der Waals surface area contributed by atoms with Crippen molar-refractivity contribution >= 4 is 26.5 Å². The fraction of sp³-hybridized carbons (Fsp3) is 0.105. The van der Waals surface area contributed by atoms with Gasteiger partial charge in [0.2, 0.25) is 15.7 Å². The lowest BCUT2D eigenvalue weighted by Gasteiger charge is -2.14. The minimum absolute atomic E-state index is 0.0785. The Morgan fingerprint density at radius 1 is 1.08 bits per heavy atom. The Bertz CT molecular complexity index is 1070. The predicted molar refractivity (Wildman–Crippen MR) is 95.1 cm³/mol. The minimum Gasteiger partial charge on any atom is -0.506 e. The van der Waals surface area contributed by atoms with E-state index in [2.05, 4.69) is 0 Å². The van der Waals surface area contributed by atoms with E-state index in [0.717, 1.165) is 5.56 Å². The summed E-state index contributed by atoms with van der Waals surface area (Å²) in [6, 6.07) is 14.8. The second-order valence-electron chi connectivity index (χ2n) is 5.89. The first kappa shape index (κ1) is 17.0. The van der Waals surface area contributed by atoms with E-state index in [0.29, 0.717) is 10.8 Å². The van der Waals surface area contributed by atoms with E-state index in [1.807, 2.05) is 6.92 Å². The number of carbonyl (C=O) groups excluding carboxylic acids is 1. The molecule has 0 heterocycles. The smallest absolute Gasteiger partial charge is 0.221 e. The van der Waals surface area contributed by atoms with Crippen molar-refractivity contribution in [2.24, 2.45) is 5.73 Å². The van der Waals surface area contributed by atoms with Gasteiger partial charge in [-0.15, -0.1) is 0 Å². The lowest BCUT2D eigenvalue weighted by Crippen LogP contribution is -2.14. The molecule has 0 bridgehead atoms. The van der Waals surface area contributed by atoms with E-state index in [9.17, 15) is 18.3 Å². The van der Waals surface area contributed by atoms with E-state index in [1.54, 1.807) is 42.5 Å². The Labute approximate surface area is 145 Å². The van der Waals surface area contributed by atoms with Crippen LogP contribution in [0, 0.1) is 6.92 Å². The number of carbonyl (C=O) groups is 1. The summed E-state index contributed by atoms with van der Waals surface area (Å²) < 4.78 is 26.3. The maximum atomic E-state index is 13.1. The van der Waals surface area contributed by atoms with Crippen LogP contribution in [0.2, 0.25) is 0 Å². The number of hydrogen-bond donors (Lipinski definition) is 2. The van der Waals surface area contributed by atoms with Crippen LogP contribution < -0.4 is 5.73 Å². The molecule has 6 heteroatoms. The maximum Gasteiger partial charge on any atom is 0.221 e. The van der Waals surface area contributed by atoms with E-state index in [1.165, 1.54) is 12.1 Å². The number of fused-ring (bicyclic) bond motifs is 1. The number of phenols is 1. The molecule has 0 fully saturated rings. The molecule has 0 atom stereocenters. The number of aromatic hydroxyl groups is 1. The number of hydrogen-bond acceptors (Lipinski definition) is 4. The average molecular weight is 355 g/mol. The highest BCUT2D eigenvalue weighted by Crippen LogP contribution is 2.38. The Hall–Kier alpha value is -2.86. The Balaban J connectivity index is 2.35. The molecular formula is C19H17NO4S. The van der Waals surface area contributed by atoms with Gasteiger partial charge in [-0.1, -0.05) is 42.0 Å². The highest BCUT2D eigenvalue weighted by molar-refractivity contribution is 7.91. The normalized spacial score (nSPS) is 11.6. The second-order valence-corrected chi connectivity index (χ2v) is 7.78. The molecule has 0 unspecified atom stereocenters. The van der Waals surface area contributed by atoms with Gasteiger partial charge in [0.15, 0.2) is 0 Å². The molecule has 0 aliphatic carbocycles. The molecule has 0 saturated heterocycles. The van der Waals surface area contributed by atoms with Crippen LogP contribution in [0.5, 0.6) is 5.75 Å². The highest BCUT2D eigenvalue weighted by atomic mass is 32.2. The van der Waals surface area contributed by atoms with Crippen molar-refractivity contribution in [2.75, 3.05) is 0 Å². The van der Waals surface area contributed by atoms with Crippen molar-refractivity contribution in [1.82, 2.24) is 0 Å². The van der Waals surface area contributed by atoms with Gasteiger partial charge < -0.3 is 10.8 Å². The van der Waals surface area contributed by atoms with Gasteiger partial charge in [-0.05, 0) is 30.5 Å². The van der Waals surface area contributed by atoms with Crippen LogP contribution in [0.15, 0.2) is 64.4 Å². The summed E-state index contributed by atoms with van der Waals surface area (Å²) >= 11 is 0. The van der Waals surface area contributed by atoms with Crippen LogP contribution in [0.4, 0.5) is 0 Å². The highest BCUT2D eigenvalue weighted by Gasteiger charge is 2.26. The molecule has 3 rings (SSSR count). The SMILES string of the molecule is Cc1ccc(S(=O)(=O)c2c(O)c(CC(N)=O)cc3ccccc23)cc1. The zero-order valence-corrected chi connectivity index (χ0v) is 14.4. The number of primary amides is 1. The molecule has 25 heavy (non-hydrogen) atoms. The summed E-state index contributed by atoms with van der Waals surface area (Å²) in [7, 11) is -3.97. The van der Waals surface area contributed by atoms with E-state index >= 15 is 0 Å². The zero-order valence-electron chi connectivity index (χ0n) is 13.6. The van der Waals surface area contributed by atoms with Crippen LogP contribution in [0.3, 0.4) is 0 Å². The number of amides is 1. The number of phenolic OH excluding ortho intramolecular Hbond substituents is 1. The van der Waals surface area contributed by atoms with Crippen molar-refractivity contribution in [2.45, 2.75) is 23.1 Å². The second kappa shape index (κ2) is 6.22. The van der Waals surface area contributed by atoms with Crippen LogP contribution in [-0.4, -0.2) is 19.4 Å². The minimum atomic E-state index is -3.97. The van der Waals surface area contributed by atoms with Crippen LogP contribution in [0.25, 0.3) is 10.8 Å². The van der Waals surface area contributed by atoms with Gasteiger partial charge in [0.25, 0.3) is 0 Å². The average Bonchev–Trinajstić information content (AvgIpc) is 2.55. The lowest BCUT2D eigenvalue weighted by atomic mass is 10.0. The number of benzene rings is 3. The monoisotopic (exact) mass is 355 g/mol. The summed E-state index contributed by atoms with van der Waals surface area (Å²) in [5, 5.41) is 11.6. The summed E-state index contributed by atoms with van der Waals surface area (Å²) in [4.78, 5) is 11.2. The van der Waals surface area contributed by atoms with Gasteiger partial charge in [-0.2, -0.15) is 0 Å². The number of sulfone groups is 1. The first-order chi connectivity index (χ1) is 11.8. The molecule has 0 aliphatic rings. The van der Waals surface area contributed by atoms with Gasteiger partial charge >= 0.3 is 0 Å². The topological polar surface area (TPSA) is 97.5 Å². The molecule has 0 aliphatic heterocycles. The molecule has 3 aromatic carbocycles. The zero-order chi connectivity index (χ0) is 18.2. The third-order valence-corrected chi connectivity index (χ3v) is 5.86. The van der Waals surface area contributed by atoms with Crippen LogP contribution >= 0.6 is 0 Å². The summed E-state index contributed by atoms with van der Waals surface area (Å²) in [6.07, 6.45) is -0.243. The van der Waals surface area contributed by atoms with Crippen molar-refractivity contribution in [3.05, 3.63) is 65.7 Å². The van der Waals surface area contributed by atoms with Crippen molar-refractivity contribution in [3.63, 3.8) is 0 Å². The summed E-state index contributed by atoms with van der Waals surface area (Å²) in [5.41, 5.74) is 6.34. The molecule has 0 radical (unpaired) electrons. The van der Waals surface area contributed by atoms with Gasteiger partial charge in [0.1, 0.15) is 10.6 Å². The number of aryl methyl sites for hydroxylation is 1. The fourth-order valence-electron chi connectivity index (χ4n) is 2.79. The van der Waals surface area contributed by atoms with E-state index < -0.39 is 21.5 Å². The number of rotatable bonds is 4. The third kappa shape index (κ3) is 3.08. The Morgan fingerprint density at radius 2 is 1.72 bits per heavy atom. The van der Waals surface area contributed by atoms with Crippen LogP contribution in [0.1, 0.15) is 11.1 Å². The summed E-state index contributed by atoms with van der Waals surface area (Å²) in [5.74, 6) is -1.08. The molecule has 1 amide bonds. The van der Waals surface area contributed by atoms with Crippen molar-refractivity contribution < 1.29 is 18.3 Å². The first-order valence-corrected chi connectivity index (χ1v) is 9.12. The van der Waals surface area contributed by atoms with Gasteiger partial charge in [-0.25, -0.2) is 8.42 Å². The van der Waals surface area contributed by atoms with E-state index in [4.69, 9.17) is 5.73 Å². The molecule has 3 N–H and O–H groups in total. The lowest BCUT2D eigenvalue weighted by molar-refractivity contribution is -0.117. The molecule has 0 aromatic heterocycles. The van der Waals surface area contributed by atoms with Crippen molar-refractivity contribution in [3.8, 4) is 5.75 Å². The van der Waals surface area contributed by atoms with Gasteiger partial charge in [0, 0.05) is 10.9 Å². The number of nitrogens with two attached hydrogens (primary N) is 1. The molecule has 5 nitrogen and oxygen atoms in total.